The van der Waals surface area contributed by atoms with Crippen LogP contribution in [-0.4, -0.2) is 0 Å². The van der Waals surface area contributed by atoms with Gasteiger partial charge in [0.25, 0.3) is 0 Å². The summed E-state index contributed by atoms with van der Waals surface area (Å²) >= 11 is 0. The predicted octanol–water partition coefficient (Wildman–Crippen LogP) is 7.99. The van der Waals surface area contributed by atoms with Crippen LogP contribution < -0.4 is 0 Å². The molecule has 24 heavy (non-hydrogen) atoms. The first-order chi connectivity index (χ1) is 11.4. The van der Waals surface area contributed by atoms with E-state index in [0.29, 0.717) is 10.8 Å². The molecule has 139 valence electrons. The van der Waals surface area contributed by atoms with Crippen molar-refractivity contribution in [1.29, 1.82) is 0 Å². The highest BCUT2D eigenvalue weighted by molar-refractivity contribution is 5.05. The maximum Gasteiger partial charge on any atom is -0.0215 e. The Hall–Kier alpha value is -0.260. The van der Waals surface area contributed by atoms with Crippen molar-refractivity contribution < 1.29 is 0 Å². The van der Waals surface area contributed by atoms with E-state index in [1.54, 1.807) is 0 Å². The molecule has 0 N–H and O–H groups in total. The lowest BCUT2D eigenvalue weighted by atomic mass is 9.44. The zero-order valence-corrected chi connectivity index (χ0v) is 17.2. The van der Waals surface area contributed by atoms with E-state index in [-0.39, 0.29) is 0 Å². The summed E-state index contributed by atoms with van der Waals surface area (Å²) in [4.78, 5) is 0. The van der Waals surface area contributed by atoms with E-state index < -0.39 is 0 Å². The number of allylic oxidation sites excluding steroid dienone is 2. The molecule has 4 unspecified atom stereocenters. The minimum Gasteiger partial charge on any atom is -0.0885 e. The van der Waals surface area contributed by atoms with Crippen molar-refractivity contribution in [2.24, 2.45) is 28.6 Å². The number of hydrogen-bond donors (Lipinski definition) is 0. The Morgan fingerprint density at radius 3 is 2.58 bits per heavy atom. The molecule has 1 radical (unpaired) electrons. The van der Waals surface area contributed by atoms with Crippen LogP contribution in [0.4, 0.5) is 0 Å². The first-order valence-electron chi connectivity index (χ1n) is 10.9. The van der Waals surface area contributed by atoms with E-state index in [1.807, 2.05) is 0 Å². The maximum atomic E-state index is 2.59. The third kappa shape index (κ3) is 4.47. The standard InChI is InChI=1S/C24H43/c1-6-7-8-9-10-11-12-13-17-24-19-21(3)20(2)18-22(24)15-14-16-23(24,4)5/h9-10,12,20-22H,6-8,11,13-19H2,1-5H3. The quantitative estimate of drug-likeness (QED) is 0.312. The van der Waals surface area contributed by atoms with Crippen molar-refractivity contribution >= 4 is 0 Å². The minimum absolute atomic E-state index is 0.537. The van der Waals surface area contributed by atoms with E-state index in [0.717, 1.165) is 17.8 Å². The van der Waals surface area contributed by atoms with Crippen molar-refractivity contribution in [2.75, 3.05) is 0 Å². The van der Waals surface area contributed by atoms with Gasteiger partial charge in [-0.2, -0.15) is 0 Å². The molecule has 0 heteroatoms. The lowest BCUT2D eigenvalue weighted by molar-refractivity contribution is -0.106. The van der Waals surface area contributed by atoms with Crippen molar-refractivity contribution in [2.45, 2.75) is 105 Å². The molecule has 0 aliphatic heterocycles. The van der Waals surface area contributed by atoms with Gasteiger partial charge in [-0.05, 0) is 86.4 Å². The monoisotopic (exact) mass is 331 g/mol. The molecule has 0 spiro atoms. The molecule has 0 heterocycles. The molecule has 0 amide bonds. The average Bonchev–Trinajstić information content (AvgIpc) is 2.53. The van der Waals surface area contributed by atoms with E-state index in [9.17, 15) is 0 Å². The predicted molar refractivity (Wildman–Crippen MR) is 108 cm³/mol. The van der Waals surface area contributed by atoms with Gasteiger partial charge in [-0.25, -0.2) is 0 Å². The van der Waals surface area contributed by atoms with Crippen LogP contribution in [0.3, 0.4) is 0 Å². The van der Waals surface area contributed by atoms with Gasteiger partial charge in [-0.15, -0.1) is 0 Å². The van der Waals surface area contributed by atoms with Crippen molar-refractivity contribution in [3.05, 3.63) is 18.6 Å². The maximum absolute atomic E-state index is 2.59. The molecule has 0 bridgehead atoms. The molecule has 2 saturated carbocycles. The summed E-state index contributed by atoms with van der Waals surface area (Å²) in [6, 6.07) is 0. The highest BCUT2D eigenvalue weighted by atomic mass is 14.6. The molecule has 2 aliphatic carbocycles. The molecule has 2 fully saturated rings. The fraction of sp³-hybridized carbons (Fsp3) is 0.875. The van der Waals surface area contributed by atoms with Gasteiger partial charge in [0.1, 0.15) is 0 Å². The van der Waals surface area contributed by atoms with Crippen molar-refractivity contribution in [3.63, 3.8) is 0 Å². The van der Waals surface area contributed by atoms with Gasteiger partial charge in [0.05, 0.1) is 0 Å². The normalized spacial score (nSPS) is 36.0. The Kier molecular flexibility index (Phi) is 7.44. The SMILES string of the molecule is CCCCC=CC[CH]CCC12CC(C)C(C)CC1CCCC2(C)C. The van der Waals surface area contributed by atoms with Crippen LogP contribution in [0.15, 0.2) is 12.2 Å². The van der Waals surface area contributed by atoms with Crippen molar-refractivity contribution in [3.8, 4) is 0 Å². The van der Waals surface area contributed by atoms with Crippen LogP contribution in [-0.2, 0) is 0 Å². The first-order valence-corrected chi connectivity index (χ1v) is 10.9. The zero-order chi connectivity index (χ0) is 17.6. The highest BCUT2D eigenvalue weighted by Gasteiger charge is 2.54. The molecule has 0 nitrogen and oxygen atoms in total. The molecule has 2 aliphatic rings. The average molecular weight is 332 g/mol. The minimum atomic E-state index is 0.537. The van der Waals surface area contributed by atoms with Gasteiger partial charge < -0.3 is 0 Å². The van der Waals surface area contributed by atoms with E-state index in [2.05, 4.69) is 53.2 Å². The lowest BCUT2D eigenvalue weighted by Gasteiger charge is -2.60. The summed E-state index contributed by atoms with van der Waals surface area (Å²) in [5.74, 6) is 2.83. The second kappa shape index (κ2) is 8.91. The number of fused-ring (bicyclic) bond motifs is 1. The lowest BCUT2D eigenvalue weighted by Crippen LogP contribution is -2.51. The Morgan fingerprint density at radius 1 is 1.04 bits per heavy atom. The third-order valence-corrected chi connectivity index (χ3v) is 7.79. The summed E-state index contributed by atoms with van der Waals surface area (Å²) in [5.41, 5.74) is 1.15. The molecule has 0 saturated heterocycles. The van der Waals surface area contributed by atoms with Gasteiger partial charge in [0.2, 0.25) is 0 Å². The summed E-state index contributed by atoms with van der Waals surface area (Å²) in [6.07, 6.45) is 22.5. The highest BCUT2D eigenvalue weighted by Crippen LogP contribution is 2.63. The van der Waals surface area contributed by atoms with Crippen LogP contribution in [0.1, 0.15) is 105 Å². The Morgan fingerprint density at radius 2 is 1.83 bits per heavy atom. The van der Waals surface area contributed by atoms with Gasteiger partial charge in [0, 0.05) is 0 Å². The molecule has 0 aromatic rings. The fourth-order valence-electron chi connectivity index (χ4n) is 5.87. The Labute approximate surface area is 152 Å². The smallest absolute Gasteiger partial charge is 0.0215 e. The molecule has 0 aromatic heterocycles. The Balaban J connectivity index is 1.91. The Bertz CT molecular complexity index is 391. The van der Waals surface area contributed by atoms with Crippen LogP contribution in [0.25, 0.3) is 0 Å². The van der Waals surface area contributed by atoms with E-state index in [4.69, 9.17) is 0 Å². The largest absolute Gasteiger partial charge is 0.0885 e. The van der Waals surface area contributed by atoms with Gasteiger partial charge in [0.15, 0.2) is 0 Å². The zero-order valence-electron chi connectivity index (χ0n) is 17.2. The van der Waals surface area contributed by atoms with E-state index >= 15 is 0 Å². The molecular weight excluding hydrogens is 288 g/mol. The second-order valence-electron chi connectivity index (χ2n) is 9.70. The molecule has 0 aromatic carbocycles. The van der Waals surface area contributed by atoms with Gasteiger partial charge in [-0.1, -0.05) is 66.0 Å². The van der Waals surface area contributed by atoms with Crippen LogP contribution in [0.2, 0.25) is 0 Å². The van der Waals surface area contributed by atoms with Gasteiger partial charge >= 0.3 is 0 Å². The molecule has 4 atom stereocenters. The second-order valence-corrected chi connectivity index (χ2v) is 9.70. The number of rotatable bonds is 8. The third-order valence-electron chi connectivity index (χ3n) is 7.79. The van der Waals surface area contributed by atoms with Gasteiger partial charge in [-0.3, -0.25) is 0 Å². The topological polar surface area (TPSA) is 0 Å². The first kappa shape index (κ1) is 20.1. The molecular formula is C24H43. The number of hydrogen-bond acceptors (Lipinski definition) is 0. The van der Waals surface area contributed by atoms with Crippen LogP contribution in [0.5, 0.6) is 0 Å². The summed E-state index contributed by atoms with van der Waals surface area (Å²) in [5, 5.41) is 0. The van der Waals surface area contributed by atoms with Crippen LogP contribution >= 0.6 is 0 Å². The summed E-state index contributed by atoms with van der Waals surface area (Å²) < 4.78 is 0. The fourth-order valence-corrected chi connectivity index (χ4v) is 5.87. The molecule has 2 rings (SSSR count). The van der Waals surface area contributed by atoms with E-state index in [1.165, 1.54) is 70.6 Å². The summed E-state index contributed by atoms with van der Waals surface area (Å²) in [7, 11) is 0. The number of unbranched alkanes of at least 4 members (excludes halogenated alkanes) is 4. The van der Waals surface area contributed by atoms with Crippen molar-refractivity contribution in [1.82, 2.24) is 0 Å². The summed E-state index contributed by atoms with van der Waals surface area (Å²) in [6.45, 7) is 12.5. The van der Waals surface area contributed by atoms with Crippen LogP contribution in [0, 0.1) is 35.0 Å².